The van der Waals surface area contributed by atoms with Gasteiger partial charge >= 0.3 is 0 Å². The summed E-state index contributed by atoms with van der Waals surface area (Å²) >= 11 is 0. The van der Waals surface area contributed by atoms with Gasteiger partial charge < -0.3 is 29.7 Å². The lowest BCUT2D eigenvalue weighted by Crippen LogP contribution is -2.58. The third-order valence-corrected chi connectivity index (χ3v) is 5.79. The van der Waals surface area contributed by atoms with Crippen molar-refractivity contribution in [1.29, 1.82) is 0 Å². The monoisotopic (exact) mass is 412 g/mol. The van der Waals surface area contributed by atoms with E-state index in [0.29, 0.717) is 41.5 Å². The van der Waals surface area contributed by atoms with E-state index in [9.17, 15) is 9.59 Å². The van der Waals surface area contributed by atoms with E-state index in [1.165, 1.54) is 0 Å². The van der Waals surface area contributed by atoms with Gasteiger partial charge in [-0.05, 0) is 36.2 Å². The lowest BCUT2D eigenvalue weighted by Gasteiger charge is -2.44. The molecule has 158 valence electrons. The molecule has 0 radical (unpaired) electrons. The van der Waals surface area contributed by atoms with Gasteiger partial charge in [0.2, 0.25) is 12.5 Å². The van der Waals surface area contributed by atoms with E-state index in [1.807, 2.05) is 44.3 Å². The minimum atomic E-state index is -0.703. The van der Waals surface area contributed by atoms with Crippen molar-refractivity contribution in [3.8, 4) is 17.2 Å². The Bertz CT molecular complexity index is 1020. The van der Waals surface area contributed by atoms with Crippen LogP contribution in [-0.2, 0) is 16.0 Å². The van der Waals surface area contributed by atoms with Gasteiger partial charge in [-0.15, -0.1) is 0 Å². The molecule has 2 heterocycles. The summed E-state index contributed by atoms with van der Waals surface area (Å²) in [6, 6.07) is 8.78. The highest BCUT2D eigenvalue weighted by Crippen LogP contribution is 2.51. The van der Waals surface area contributed by atoms with Gasteiger partial charge in [-0.3, -0.25) is 9.59 Å². The molecule has 2 aromatic rings. The number of rotatable bonds is 5. The summed E-state index contributed by atoms with van der Waals surface area (Å²) in [6.45, 7) is 2.66. The molecular weight excluding hydrogens is 386 g/mol. The zero-order valence-corrected chi connectivity index (χ0v) is 17.4. The number of nitrogens with zero attached hydrogens (tertiary/aromatic N) is 1. The number of hydrogen-bond donors (Lipinski definition) is 2. The number of methoxy groups -OCH3 is 1. The van der Waals surface area contributed by atoms with E-state index in [-0.39, 0.29) is 23.7 Å². The number of quaternary nitrogens is 1. The van der Waals surface area contributed by atoms with Gasteiger partial charge in [0.25, 0.3) is 11.8 Å². The van der Waals surface area contributed by atoms with Crippen LogP contribution in [0.1, 0.15) is 22.7 Å². The number of primary amides is 1. The average Bonchev–Trinajstić information content (AvgIpc) is 3.13. The molecule has 2 aliphatic heterocycles. The van der Waals surface area contributed by atoms with E-state index in [1.54, 1.807) is 7.11 Å². The summed E-state index contributed by atoms with van der Waals surface area (Å²) in [5.74, 6) is 0.862. The summed E-state index contributed by atoms with van der Waals surface area (Å²) < 4.78 is 17.0. The normalized spacial score (nSPS) is 21.6. The van der Waals surface area contributed by atoms with Crippen LogP contribution in [0.5, 0.6) is 17.2 Å². The fourth-order valence-corrected chi connectivity index (χ4v) is 4.48. The molecule has 2 aliphatic rings. The Morgan fingerprint density at radius 2 is 2.10 bits per heavy atom. The Hall–Kier alpha value is -3.26. The lowest BCUT2D eigenvalue weighted by atomic mass is 9.88. The van der Waals surface area contributed by atoms with Crippen LogP contribution in [0.3, 0.4) is 0 Å². The molecule has 2 amide bonds. The predicted octanol–water partition coefficient (Wildman–Crippen LogP) is 1.90. The summed E-state index contributed by atoms with van der Waals surface area (Å²) in [5, 5.41) is 3.01. The largest absolute Gasteiger partial charge is 0.492 e. The van der Waals surface area contributed by atoms with E-state index in [0.717, 1.165) is 11.1 Å². The first-order chi connectivity index (χ1) is 14.3. The topological polar surface area (TPSA) is 99.9 Å². The SMILES string of the molecule is COc1c2c(cc3c1[C@H](C(=O)Nc1cccc(C)c1)[N+](C)(CC(N)=O)CC3)OCO2. The van der Waals surface area contributed by atoms with Gasteiger partial charge in [-0.25, -0.2) is 0 Å². The van der Waals surface area contributed by atoms with E-state index >= 15 is 0 Å². The fraction of sp³-hybridized carbons (Fsp3) is 0.364. The second-order valence-electron chi connectivity index (χ2n) is 8.06. The van der Waals surface area contributed by atoms with Gasteiger partial charge in [0.1, 0.15) is 0 Å². The van der Waals surface area contributed by atoms with Crippen LogP contribution in [0.4, 0.5) is 5.69 Å². The maximum absolute atomic E-state index is 13.6. The molecule has 0 bridgehead atoms. The number of benzene rings is 2. The number of amides is 2. The molecule has 0 spiro atoms. The van der Waals surface area contributed by atoms with Crippen molar-refractivity contribution in [2.45, 2.75) is 19.4 Å². The van der Waals surface area contributed by atoms with E-state index in [2.05, 4.69) is 5.32 Å². The summed E-state index contributed by atoms with van der Waals surface area (Å²) in [5.41, 5.74) is 8.94. The van der Waals surface area contributed by atoms with Crippen LogP contribution in [0, 0.1) is 6.92 Å². The highest BCUT2D eigenvalue weighted by atomic mass is 16.7. The van der Waals surface area contributed by atoms with Crippen molar-refractivity contribution < 1.29 is 28.3 Å². The van der Waals surface area contributed by atoms with Gasteiger partial charge in [-0.2, -0.15) is 0 Å². The molecule has 4 rings (SSSR count). The lowest BCUT2D eigenvalue weighted by molar-refractivity contribution is -0.924. The van der Waals surface area contributed by atoms with Crippen LogP contribution < -0.4 is 25.3 Å². The molecule has 8 heteroatoms. The summed E-state index contributed by atoms with van der Waals surface area (Å²) in [4.78, 5) is 25.5. The van der Waals surface area contributed by atoms with Crippen LogP contribution in [0.25, 0.3) is 0 Å². The molecule has 0 aliphatic carbocycles. The maximum Gasteiger partial charge on any atom is 0.287 e. The third-order valence-electron chi connectivity index (χ3n) is 5.79. The quantitative estimate of drug-likeness (QED) is 0.731. The van der Waals surface area contributed by atoms with Crippen LogP contribution in [0.2, 0.25) is 0 Å². The Morgan fingerprint density at radius 3 is 2.80 bits per heavy atom. The first kappa shape index (κ1) is 20.0. The summed E-state index contributed by atoms with van der Waals surface area (Å²) in [7, 11) is 3.42. The standard InChI is InChI=1S/C22H25N3O5/c1-13-5-4-6-15(9-13)24-22(27)19-18-14(7-8-25(19,2)11-17(23)26)10-16-20(21(18)28-3)30-12-29-16/h4-6,9-10,19H,7-8,11-12H2,1-3H3,(H2-,23,24,26,27)/p+1/t19-,25?/m1/s1. The molecule has 0 saturated heterocycles. The Balaban J connectivity index is 1.83. The molecule has 8 nitrogen and oxygen atoms in total. The van der Waals surface area contributed by atoms with Crippen molar-refractivity contribution in [1.82, 2.24) is 0 Å². The van der Waals surface area contributed by atoms with Crippen LogP contribution in [-0.4, -0.2) is 50.3 Å². The predicted molar refractivity (Wildman–Crippen MR) is 110 cm³/mol. The molecule has 2 aromatic carbocycles. The molecule has 3 N–H and O–H groups in total. The van der Waals surface area contributed by atoms with Crippen molar-refractivity contribution >= 4 is 17.5 Å². The molecule has 2 atom stereocenters. The highest BCUT2D eigenvalue weighted by Gasteiger charge is 2.48. The first-order valence-electron chi connectivity index (χ1n) is 9.82. The number of ether oxygens (including phenoxy) is 3. The number of nitrogens with one attached hydrogen (secondary N) is 1. The number of carbonyl (C=O) groups is 2. The zero-order chi connectivity index (χ0) is 21.5. The maximum atomic E-state index is 13.6. The molecule has 0 aromatic heterocycles. The molecule has 30 heavy (non-hydrogen) atoms. The van der Waals surface area contributed by atoms with E-state index in [4.69, 9.17) is 19.9 Å². The fourth-order valence-electron chi connectivity index (χ4n) is 4.48. The number of likely N-dealkylation sites (N-methyl/N-ethyl adjacent to an activating group) is 1. The molecular formula is C22H26N3O5+. The Kier molecular flexibility index (Phi) is 5.03. The summed E-state index contributed by atoms with van der Waals surface area (Å²) in [6.07, 6.45) is 0.653. The smallest absolute Gasteiger partial charge is 0.287 e. The number of fused-ring (bicyclic) bond motifs is 2. The van der Waals surface area contributed by atoms with Crippen LogP contribution in [0.15, 0.2) is 30.3 Å². The highest BCUT2D eigenvalue weighted by molar-refractivity contribution is 5.96. The molecule has 0 saturated carbocycles. The van der Waals surface area contributed by atoms with Gasteiger partial charge in [0, 0.05) is 12.1 Å². The number of nitrogens with two attached hydrogens (primary N) is 1. The van der Waals surface area contributed by atoms with Crippen molar-refractivity contribution in [3.05, 3.63) is 47.0 Å². The van der Waals surface area contributed by atoms with Gasteiger partial charge in [0.05, 0.1) is 26.3 Å². The van der Waals surface area contributed by atoms with Crippen molar-refractivity contribution in [3.63, 3.8) is 0 Å². The van der Waals surface area contributed by atoms with Crippen molar-refractivity contribution in [2.24, 2.45) is 5.73 Å². The molecule has 0 fully saturated rings. The number of hydrogen-bond acceptors (Lipinski definition) is 5. The van der Waals surface area contributed by atoms with Gasteiger partial charge in [0.15, 0.2) is 24.1 Å². The minimum absolute atomic E-state index is 0.0307. The number of anilines is 1. The molecule has 1 unspecified atom stereocenters. The van der Waals surface area contributed by atoms with Crippen molar-refractivity contribution in [2.75, 3.05) is 39.4 Å². The number of carbonyl (C=O) groups excluding carboxylic acids is 2. The Morgan fingerprint density at radius 1 is 1.30 bits per heavy atom. The van der Waals surface area contributed by atoms with E-state index < -0.39 is 11.9 Å². The zero-order valence-electron chi connectivity index (χ0n) is 17.4. The third kappa shape index (κ3) is 3.43. The Labute approximate surface area is 175 Å². The minimum Gasteiger partial charge on any atom is -0.492 e. The first-order valence-corrected chi connectivity index (χ1v) is 9.82. The van der Waals surface area contributed by atoms with Crippen LogP contribution >= 0.6 is 0 Å². The van der Waals surface area contributed by atoms with Gasteiger partial charge in [-0.1, -0.05) is 12.1 Å². The average molecular weight is 412 g/mol. The number of aryl methyl sites for hydroxylation is 1. The second kappa shape index (κ2) is 7.53. The second-order valence-corrected chi connectivity index (χ2v) is 8.06.